The SMILES string of the molecule is O.O.O=C([O-])c1ccccc1C(=O)O.O=C([O-])c1ccccc1C(=O)O.c1ccc2[nH+]c(CCCCc3[nH]c4ccccc4[nH+]3)[nH]c2c1. The molecule has 0 atom stereocenters. The summed E-state index contributed by atoms with van der Waals surface area (Å²) < 4.78 is 0. The van der Waals surface area contributed by atoms with Crippen LogP contribution in [0.5, 0.6) is 0 Å². The average molecular weight is 659 g/mol. The number of imidazole rings is 2. The standard InChI is InChI=1S/C18H18N4.2C8H6O4.2H2O/c1-2-8-14-13(7-1)19-17(20-14)11-5-6-12-18-21-15-9-3-4-10-16(15)22-18;2*9-7(10)5-3-1-2-4-6(5)8(11)12;;/h1-4,7-10H,5-6,11-12H2,(H,19,20)(H,21,22);2*1-4H,(H,9,10)(H,11,12);2*1H2. The minimum atomic E-state index is -1.48. The first-order chi connectivity index (χ1) is 22.1. The van der Waals surface area contributed by atoms with Crippen molar-refractivity contribution in [3.8, 4) is 0 Å². The highest BCUT2D eigenvalue weighted by atomic mass is 16.4. The number of unbranched alkanes of at least 4 members (excludes halogenated alkanes) is 1. The van der Waals surface area contributed by atoms with Gasteiger partial charge in [-0.25, -0.2) is 29.5 Å². The third-order valence-electron chi connectivity index (χ3n) is 6.85. The van der Waals surface area contributed by atoms with E-state index in [9.17, 15) is 29.4 Å². The number of hydrogen-bond donors (Lipinski definition) is 4. The number of rotatable bonds is 9. The molecule has 0 amide bonds. The van der Waals surface area contributed by atoms with Crippen LogP contribution in [0.4, 0.5) is 0 Å². The van der Waals surface area contributed by atoms with Crippen molar-refractivity contribution in [2.45, 2.75) is 25.7 Å². The lowest BCUT2D eigenvalue weighted by atomic mass is 10.1. The lowest BCUT2D eigenvalue weighted by molar-refractivity contribution is -0.359. The number of para-hydroxylation sites is 4. The van der Waals surface area contributed by atoms with Gasteiger partial charge in [-0.15, -0.1) is 0 Å². The molecular weight excluding hydrogens is 624 g/mol. The van der Waals surface area contributed by atoms with E-state index in [2.05, 4.69) is 68.5 Å². The van der Waals surface area contributed by atoms with E-state index in [0.29, 0.717) is 0 Å². The van der Waals surface area contributed by atoms with Crippen molar-refractivity contribution >= 4 is 45.9 Å². The van der Waals surface area contributed by atoms with Gasteiger partial charge in [0.15, 0.2) is 22.1 Å². The number of aryl methyl sites for hydroxylation is 2. The molecule has 6 aromatic rings. The number of nitrogens with one attached hydrogen (secondary N) is 4. The summed E-state index contributed by atoms with van der Waals surface area (Å²) in [6, 6.07) is 27.3. The number of aromatic carboxylic acids is 4. The molecule has 250 valence electrons. The molecule has 0 radical (unpaired) electrons. The van der Waals surface area contributed by atoms with E-state index in [-0.39, 0.29) is 33.2 Å². The zero-order valence-electron chi connectivity index (χ0n) is 25.4. The summed E-state index contributed by atoms with van der Waals surface area (Å²) in [6.45, 7) is 0. The molecule has 10 N–H and O–H groups in total. The predicted molar refractivity (Wildman–Crippen MR) is 169 cm³/mol. The molecule has 0 spiro atoms. The smallest absolute Gasteiger partial charge is 0.336 e. The first-order valence-electron chi connectivity index (χ1n) is 14.2. The van der Waals surface area contributed by atoms with Crippen LogP contribution in [0, 0.1) is 0 Å². The molecule has 0 fully saturated rings. The Bertz CT molecular complexity index is 1730. The van der Waals surface area contributed by atoms with Crippen molar-refractivity contribution < 1.29 is 60.5 Å². The quantitative estimate of drug-likeness (QED) is 0.160. The van der Waals surface area contributed by atoms with Crippen LogP contribution in [0.3, 0.4) is 0 Å². The predicted octanol–water partition coefficient (Wildman–Crippen LogP) is 0.690. The molecule has 6 rings (SSSR count). The fraction of sp³-hybridized carbons (Fsp3) is 0.118. The van der Waals surface area contributed by atoms with Crippen LogP contribution in [-0.2, 0) is 12.8 Å². The zero-order chi connectivity index (χ0) is 33.1. The molecule has 2 aromatic heterocycles. The Morgan fingerprint density at radius 3 is 1.12 bits per heavy atom. The van der Waals surface area contributed by atoms with Crippen LogP contribution in [-0.4, -0.2) is 55.0 Å². The third kappa shape index (κ3) is 10.1. The Morgan fingerprint density at radius 2 is 0.833 bits per heavy atom. The molecule has 14 nitrogen and oxygen atoms in total. The molecule has 0 aliphatic carbocycles. The molecule has 0 unspecified atom stereocenters. The van der Waals surface area contributed by atoms with Gasteiger partial charge in [0.2, 0.25) is 0 Å². The Hall–Kier alpha value is -6.38. The van der Waals surface area contributed by atoms with Gasteiger partial charge in [0.05, 0.1) is 23.1 Å². The van der Waals surface area contributed by atoms with Crippen molar-refractivity contribution in [2.24, 2.45) is 0 Å². The first kappa shape index (κ1) is 37.8. The molecule has 0 aliphatic rings. The van der Waals surface area contributed by atoms with Crippen molar-refractivity contribution in [1.29, 1.82) is 0 Å². The van der Waals surface area contributed by atoms with Gasteiger partial charge in [0.1, 0.15) is 0 Å². The van der Waals surface area contributed by atoms with Crippen LogP contribution in [0.25, 0.3) is 22.1 Å². The van der Waals surface area contributed by atoms with Crippen LogP contribution in [0.1, 0.15) is 65.9 Å². The number of H-pyrrole nitrogens is 4. The van der Waals surface area contributed by atoms with E-state index in [1.165, 1.54) is 82.2 Å². The normalized spacial score (nSPS) is 9.92. The number of carboxylic acid groups (broad SMARTS) is 4. The molecule has 0 bridgehead atoms. The lowest BCUT2D eigenvalue weighted by Gasteiger charge is -2.04. The summed E-state index contributed by atoms with van der Waals surface area (Å²) in [5.41, 5.74) is 3.62. The largest absolute Gasteiger partial charge is 0.545 e. The van der Waals surface area contributed by atoms with Crippen molar-refractivity contribution in [3.63, 3.8) is 0 Å². The van der Waals surface area contributed by atoms with Gasteiger partial charge in [-0.3, -0.25) is 0 Å². The number of benzene rings is 4. The van der Waals surface area contributed by atoms with Crippen molar-refractivity contribution in [3.05, 3.63) is 131 Å². The van der Waals surface area contributed by atoms with Crippen molar-refractivity contribution in [1.82, 2.24) is 9.97 Å². The fourth-order valence-corrected chi connectivity index (χ4v) is 4.66. The van der Waals surface area contributed by atoms with Crippen LogP contribution in [0.2, 0.25) is 0 Å². The number of carbonyl (C=O) groups excluding carboxylic acids is 2. The molecule has 0 saturated heterocycles. The van der Waals surface area contributed by atoms with Gasteiger partial charge in [0, 0.05) is 24.0 Å². The average Bonchev–Trinajstić information content (AvgIpc) is 3.67. The third-order valence-corrected chi connectivity index (χ3v) is 6.85. The highest BCUT2D eigenvalue weighted by Crippen LogP contribution is 2.11. The molecule has 0 aliphatic heterocycles. The summed E-state index contributed by atoms with van der Waals surface area (Å²) in [7, 11) is 0. The molecule has 14 heteroatoms. The molecule has 48 heavy (non-hydrogen) atoms. The minimum Gasteiger partial charge on any atom is -0.545 e. The molecule has 2 heterocycles. The zero-order valence-corrected chi connectivity index (χ0v) is 25.4. The molecule has 4 aromatic carbocycles. The maximum Gasteiger partial charge on any atom is 0.336 e. The van der Waals surface area contributed by atoms with Crippen LogP contribution in [0.15, 0.2) is 97.1 Å². The van der Waals surface area contributed by atoms with E-state index in [1.54, 1.807) is 0 Å². The number of carbonyl (C=O) groups is 4. The fourth-order valence-electron chi connectivity index (χ4n) is 4.66. The molecular formula is C34H34N4O10. The first-order valence-corrected chi connectivity index (χ1v) is 14.2. The van der Waals surface area contributed by atoms with Crippen LogP contribution < -0.4 is 20.2 Å². The van der Waals surface area contributed by atoms with E-state index in [4.69, 9.17) is 10.2 Å². The lowest BCUT2D eigenvalue weighted by Crippen LogP contribution is -2.24. The topological polar surface area (TPSA) is 278 Å². The minimum absolute atomic E-state index is 0. The summed E-state index contributed by atoms with van der Waals surface area (Å²) in [4.78, 5) is 55.4. The van der Waals surface area contributed by atoms with E-state index >= 15 is 0 Å². The maximum atomic E-state index is 10.4. The Morgan fingerprint density at radius 1 is 0.521 bits per heavy atom. The summed E-state index contributed by atoms with van der Waals surface area (Å²) >= 11 is 0. The highest BCUT2D eigenvalue weighted by molar-refractivity contribution is 6.01. The van der Waals surface area contributed by atoms with Gasteiger partial charge < -0.3 is 41.0 Å². The van der Waals surface area contributed by atoms with E-state index in [1.807, 2.05) is 0 Å². The van der Waals surface area contributed by atoms with E-state index < -0.39 is 23.9 Å². The second-order valence-corrected chi connectivity index (χ2v) is 10.0. The Kier molecular flexibility index (Phi) is 14.1. The van der Waals surface area contributed by atoms with Crippen LogP contribution >= 0.6 is 0 Å². The number of aromatic nitrogens is 4. The van der Waals surface area contributed by atoms with E-state index in [0.717, 1.165) is 25.7 Å². The second-order valence-electron chi connectivity index (χ2n) is 10.0. The summed E-state index contributed by atoms with van der Waals surface area (Å²) in [5, 5.41) is 37.8. The maximum absolute atomic E-state index is 10.4. The van der Waals surface area contributed by atoms with Gasteiger partial charge in [0.25, 0.3) is 11.6 Å². The van der Waals surface area contributed by atoms with Gasteiger partial charge in [-0.05, 0) is 49.2 Å². The monoisotopic (exact) mass is 658 g/mol. The number of fused-ring (bicyclic) bond motifs is 2. The summed E-state index contributed by atoms with van der Waals surface area (Å²) in [6.07, 6.45) is 4.42. The number of hydrogen-bond acceptors (Lipinski definition) is 6. The molecule has 0 saturated carbocycles. The Labute approximate surface area is 273 Å². The summed E-state index contributed by atoms with van der Waals surface area (Å²) in [5.74, 6) is -3.07. The number of aromatic amines is 4. The van der Waals surface area contributed by atoms with Gasteiger partial charge in [-0.1, -0.05) is 60.7 Å². The van der Waals surface area contributed by atoms with Gasteiger partial charge in [-0.2, -0.15) is 0 Å². The highest BCUT2D eigenvalue weighted by Gasteiger charge is 2.12. The van der Waals surface area contributed by atoms with Crippen molar-refractivity contribution in [2.75, 3.05) is 0 Å². The number of carboxylic acids is 4. The second kappa shape index (κ2) is 17.9. The Balaban J connectivity index is 0.000000266. The van der Waals surface area contributed by atoms with Gasteiger partial charge >= 0.3 is 11.9 Å².